The van der Waals surface area contributed by atoms with Crippen LogP contribution in [0.4, 0.5) is 0 Å². The molecule has 0 saturated heterocycles. The van der Waals surface area contributed by atoms with E-state index >= 15 is 0 Å². The Bertz CT molecular complexity index is 2820. The standard InChI is InChI=1S/C45H29N3/c1-2-11-30(12-3-1)31-22-24-32(25-23-31)34-14-8-16-35(27-34)47-40-19-6-4-17-36(40)38-29-44-39(28-43(38)47)37-18-5-7-20-41(37)48(44)42-21-9-13-33-15-10-26-46-45(33)42/h1-29H. The zero-order valence-corrected chi connectivity index (χ0v) is 26.1. The summed E-state index contributed by atoms with van der Waals surface area (Å²) in [5.74, 6) is 0. The van der Waals surface area contributed by atoms with Crippen LogP contribution in [0.1, 0.15) is 0 Å². The highest BCUT2D eigenvalue weighted by molar-refractivity contribution is 6.19. The van der Waals surface area contributed by atoms with E-state index in [1.54, 1.807) is 0 Å². The van der Waals surface area contributed by atoms with Gasteiger partial charge in [0.2, 0.25) is 0 Å². The minimum atomic E-state index is 0.999. The van der Waals surface area contributed by atoms with Crippen molar-refractivity contribution < 1.29 is 0 Å². The van der Waals surface area contributed by atoms with Crippen LogP contribution in [0.15, 0.2) is 176 Å². The second-order valence-corrected chi connectivity index (χ2v) is 12.4. The van der Waals surface area contributed by atoms with Gasteiger partial charge >= 0.3 is 0 Å². The zero-order valence-electron chi connectivity index (χ0n) is 26.1. The number of benzene rings is 7. The molecule has 0 spiro atoms. The maximum absolute atomic E-state index is 4.84. The maximum atomic E-state index is 4.84. The van der Waals surface area contributed by atoms with Crippen molar-refractivity contribution in [1.82, 2.24) is 14.1 Å². The summed E-state index contributed by atoms with van der Waals surface area (Å²) in [6.45, 7) is 0. The highest BCUT2D eigenvalue weighted by Gasteiger charge is 2.19. The van der Waals surface area contributed by atoms with Gasteiger partial charge in [-0.25, -0.2) is 0 Å². The Hall–Kier alpha value is -6.45. The predicted octanol–water partition coefficient (Wildman–Crippen LogP) is 11.8. The van der Waals surface area contributed by atoms with E-state index in [0.717, 1.165) is 22.3 Å². The summed E-state index contributed by atoms with van der Waals surface area (Å²) in [7, 11) is 0. The van der Waals surface area contributed by atoms with Crippen LogP contribution < -0.4 is 0 Å². The van der Waals surface area contributed by atoms with E-state index in [2.05, 4.69) is 173 Å². The molecule has 10 aromatic rings. The molecule has 3 heterocycles. The molecular formula is C45H29N3. The fourth-order valence-electron chi connectivity index (χ4n) is 7.55. The number of aromatic nitrogens is 3. The Morgan fingerprint density at radius 1 is 0.354 bits per heavy atom. The smallest absolute Gasteiger partial charge is 0.0942 e. The topological polar surface area (TPSA) is 22.8 Å². The van der Waals surface area contributed by atoms with Crippen molar-refractivity contribution in [3.63, 3.8) is 0 Å². The van der Waals surface area contributed by atoms with Crippen LogP contribution in [0.25, 0.3) is 88.1 Å². The molecule has 0 amide bonds. The van der Waals surface area contributed by atoms with Crippen molar-refractivity contribution in [2.45, 2.75) is 0 Å². The van der Waals surface area contributed by atoms with E-state index in [-0.39, 0.29) is 0 Å². The molecule has 7 aromatic carbocycles. The summed E-state index contributed by atoms with van der Waals surface area (Å²) in [6, 6.07) is 61.2. The van der Waals surface area contributed by atoms with Gasteiger partial charge in [-0.2, -0.15) is 0 Å². The van der Waals surface area contributed by atoms with Crippen molar-refractivity contribution in [2.75, 3.05) is 0 Å². The normalized spacial score (nSPS) is 11.8. The molecule has 0 aliphatic carbocycles. The van der Waals surface area contributed by atoms with Crippen LogP contribution in [-0.2, 0) is 0 Å². The summed E-state index contributed by atoms with van der Waals surface area (Å²) >= 11 is 0. The van der Waals surface area contributed by atoms with E-state index in [1.807, 2.05) is 12.3 Å². The van der Waals surface area contributed by atoms with Crippen molar-refractivity contribution in [3.8, 4) is 33.6 Å². The molecule has 0 saturated carbocycles. The van der Waals surface area contributed by atoms with Gasteiger partial charge in [-0.1, -0.05) is 121 Å². The Labute approximate surface area is 277 Å². The van der Waals surface area contributed by atoms with Crippen molar-refractivity contribution in [1.29, 1.82) is 0 Å². The van der Waals surface area contributed by atoms with E-state index in [1.165, 1.54) is 65.9 Å². The van der Waals surface area contributed by atoms with E-state index in [4.69, 9.17) is 4.98 Å². The maximum Gasteiger partial charge on any atom is 0.0942 e. The highest BCUT2D eigenvalue weighted by atomic mass is 15.0. The van der Waals surface area contributed by atoms with E-state index < -0.39 is 0 Å². The fourth-order valence-corrected chi connectivity index (χ4v) is 7.55. The number of fused-ring (bicyclic) bond motifs is 7. The van der Waals surface area contributed by atoms with Crippen LogP contribution in [-0.4, -0.2) is 14.1 Å². The van der Waals surface area contributed by atoms with E-state index in [9.17, 15) is 0 Å². The first-order valence-corrected chi connectivity index (χ1v) is 16.4. The molecule has 10 rings (SSSR count). The largest absolute Gasteiger partial charge is 0.309 e. The zero-order chi connectivity index (χ0) is 31.6. The number of rotatable bonds is 4. The second kappa shape index (κ2) is 10.5. The molecule has 3 heteroatoms. The Morgan fingerprint density at radius 2 is 0.917 bits per heavy atom. The molecule has 3 aromatic heterocycles. The minimum absolute atomic E-state index is 0.999. The summed E-state index contributed by atoms with van der Waals surface area (Å²) in [6.07, 6.45) is 1.89. The van der Waals surface area contributed by atoms with Crippen LogP contribution in [0, 0.1) is 0 Å². The quantitative estimate of drug-likeness (QED) is 0.194. The molecule has 0 bridgehead atoms. The minimum Gasteiger partial charge on any atom is -0.309 e. The van der Waals surface area contributed by atoms with Crippen molar-refractivity contribution >= 4 is 54.5 Å². The van der Waals surface area contributed by atoms with Crippen LogP contribution >= 0.6 is 0 Å². The van der Waals surface area contributed by atoms with Gasteiger partial charge in [0, 0.05) is 38.8 Å². The van der Waals surface area contributed by atoms with Gasteiger partial charge in [0.05, 0.1) is 33.3 Å². The number of para-hydroxylation sites is 3. The molecule has 0 aliphatic heterocycles. The van der Waals surface area contributed by atoms with Gasteiger partial charge in [-0.05, 0) is 70.8 Å². The molecule has 0 unspecified atom stereocenters. The average molecular weight is 612 g/mol. The lowest BCUT2D eigenvalue weighted by molar-refractivity contribution is 1.18. The van der Waals surface area contributed by atoms with Gasteiger partial charge in [0.1, 0.15) is 0 Å². The summed E-state index contributed by atoms with van der Waals surface area (Å²) in [4.78, 5) is 4.84. The molecule has 0 fully saturated rings. The molecule has 3 nitrogen and oxygen atoms in total. The number of nitrogens with zero attached hydrogens (tertiary/aromatic N) is 3. The van der Waals surface area contributed by atoms with Gasteiger partial charge in [-0.15, -0.1) is 0 Å². The lowest BCUT2D eigenvalue weighted by Crippen LogP contribution is -1.97. The first-order chi connectivity index (χ1) is 23.8. The lowest BCUT2D eigenvalue weighted by atomic mass is 10.00. The van der Waals surface area contributed by atoms with Crippen LogP contribution in [0.3, 0.4) is 0 Å². The average Bonchev–Trinajstić information content (AvgIpc) is 3.66. The lowest BCUT2D eigenvalue weighted by Gasteiger charge is -2.12. The van der Waals surface area contributed by atoms with Crippen LogP contribution in [0.2, 0.25) is 0 Å². The van der Waals surface area contributed by atoms with Gasteiger partial charge in [0.25, 0.3) is 0 Å². The Kier molecular flexibility index (Phi) is 5.87. The number of hydrogen-bond acceptors (Lipinski definition) is 1. The first-order valence-electron chi connectivity index (χ1n) is 16.4. The molecule has 0 radical (unpaired) electrons. The van der Waals surface area contributed by atoms with Gasteiger partial charge in [-0.3, -0.25) is 4.98 Å². The summed E-state index contributed by atoms with van der Waals surface area (Å²) in [5, 5.41) is 6.05. The van der Waals surface area contributed by atoms with Crippen molar-refractivity contribution in [2.24, 2.45) is 0 Å². The molecule has 0 aliphatic rings. The predicted molar refractivity (Wildman–Crippen MR) is 201 cm³/mol. The Balaban J connectivity index is 1.21. The number of pyridine rings is 1. The van der Waals surface area contributed by atoms with E-state index in [0.29, 0.717) is 0 Å². The molecule has 0 atom stereocenters. The third kappa shape index (κ3) is 4.04. The third-order valence-corrected chi connectivity index (χ3v) is 9.75. The molecule has 0 N–H and O–H groups in total. The van der Waals surface area contributed by atoms with Gasteiger partial charge < -0.3 is 9.13 Å². The summed E-state index contributed by atoms with van der Waals surface area (Å²) < 4.78 is 4.82. The molecular weight excluding hydrogens is 583 g/mol. The second-order valence-electron chi connectivity index (χ2n) is 12.4. The van der Waals surface area contributed by atoms with Crippen molar-refractivity contribution in [3.05, 3.63) is 176 Å². The summed E-state index contributed by atoms with van der Waals surface area (Å²) in [5.41, 5.74) is 12.8. The SMILES string of the molecule is c1ccc(-c2ccc(-c3cccc(-n4c5ccccc5c5cc6c(cc54)c4ccccc4n6-c4cccc5cccnc45)c3)cc2)cc1. The first kappa shape index (κ1) is 26.7. The third-order valence-electron chi connectivity index (χ3n) is 9.75. The number of hydrogen-bond donors (Lipinski definition) is 0. The highest BCUT2D eigenvalue weighted by Crippen LogP contribution is 2.40. The molecule has 48 heavy (non-hydrogen) atoms. The van der Waals surface area contributed by atoms with Crippen LogP contribution in [0.5, 0.6) is 0 Å². The Morgan fingerprint density at radius 3 is 1.67 bits per heavy atom. The monoisotopic (exact) mass is 611 g/mol. The molecule has 224 valence electrons. The van der Waals surface area contributed by atoms with Gasteiger partial charge in [0.15, 0.2) is 0 Å². The fraction of sp³-hybridized carbons (Fsp3) is 0.